The van der Waals surface area contributed by atoms with E-state index in [1.54, 1.807) is 0 Å². The SMILES string of the molecule is CCC[C@H](CCCN=C(N)N)NC. The summed E-state index contributed by atoms with van der Waals surface area (Å²) in [4.78, 5) is 3.94. The van der Waals surface area contributed by atoms with Gasteiger partial charge in [0.05, 0.1) is 0 Å². The molecule has 0 saturated heterocycles. The Morgan fingerprint density at radius 2 is 2.08 bits per heavy atom. The van der Waals surface area contributed by atoms with E-state index < -0.39 is 0 Å². The predicted molar refractivity (Wildman–Crippen MR) is 57.7 cm³/mol. The zero-order valence-electron chi connectivity index (χ0n) is 8.71. The first-order valence-electron chi connectivity index (χ1n) is 4.93. The summed E-state index contributed by atoms with van der Waals surface area (Å²) in [5, 5.41) is 3.28. The Morgan fingerprint density at radius 1 is 1.38 bits per heavy atom. The van der Waals surface area contributed by atoms with Gasteiger partial charge in [0.25, 0.3) is 0 Å². The van der Waals surface area contributed by atoms with E-state index in [1.807, 2.05) is 7.05 Å². The average Bonchev–Trinajstić information content (AvgIpc) is 2.10. The van der Waals surface area contributed by atoms with E-state index in [1.165, 1.54) is 12.8 Å². The molecule has 4 heteroatoms. The van der Waals surface area contributed by atoms with Gasteiger partial charge in [-0.2, -0.15) is 0 Å². The summed E-state index contributed by atoms with van der Waals surface area (Å²) >= 11 is 0. The molecule has 0 heterocycles. The zero-order chi connectivity index (χ0) is 10.1. The lowest BCUT2D eigenvalue weighted by molar-refractivity contribution is 0.473. The van der Waals surface area contributed by atoms with Crippen LogP contribution in [0.15, 0.2) is 4.99 Å². The maximum atomic E-state index is 5.21. The lowest BCUT2D eigenvalue weighted by Crippen LogP contribution is -2.25. The molecule has 1 atom stereocenters. The fourth-order valence-corrected chi connectivity index (χ4v) is 1.33. The second kappa shape index (κ2) is 7.86. The highest BCUT2D eigenvalue weighted by Gasteiger charge is 2.02. The van der Waals surface area contributed by atoms with E-state index in [4.69, 9.17) is 11.5 Å². The van der Waals surface area contributed by atoms with Crippen molar-refractivity contribution >= 4 is 5.96 Å². The van der Waals surface area contributed by atoms with Gasteiger partial charge in [0, 0.05) is 12.6 Å². The average molecular weight is 186 g/mol. The fraction of sp³-hybridized carbons (Fsp3) is 0.889. The highest BCUT2D eigenvalue weighted by molar-refractivity contribution is 5.75. The van der Waals surface area contributed by atoms with Crippen molar-refractivity contribution in [2.45, 2.75) is 38.6 Å². The molecule has 0 fully saturated rings. The number of nitrogens with zero attached hydrogens (tertiary/aromatic N) is 1. The minimum atomic E-state index is 0.191. The third-order valence-electron chi connectivity index (χ3n) is 2.05. The normalized spacial score (nSPS) is 12.5. The van der Waals surface area contributed by atoms with Crippen molar-refractivity contribution in [3.63, 3.8) is 0 Å². The van der Waals surface area contributed by atoms with Crippen LogP contribution < -0.4 is 16.8 Å². The standard InChI is InChI=1S/C9H22N4/c1-3-5-8(12-2)6-4-7-13-9(10)11/h8,12H,3-7H2,1-2H3,(H4,10,11,13)/t8-/m1/s1. The van der Waals surface area contributed by atoms with Crippen LogP contribution in [0.5, 0.6) is 0 Å². The summed E-state index contributed by atoms with van der Waals surface area (Å²) in [5.74, 6) is 0.191. The molecule has 0 radical (unpaired) electrons. The Kier molecular flexibility index (Phi) is 7.39. The number of nitrogens with one attached hydrogen (secondary N) is 1. The number of guanidine groups is 1. The first-order valence-corrected chi connectivity index (χ1v) is 4.93. The summed E-state index contributed by atoms with van der Waals surface area (Å²) < 4.78 is 0. The van der Waals surface area contributed by atoms with Crippen molar-refractivity contribution < 1.29 is 0 Å². The maximum Gasteiger partial charge on any atom is 0.185 e. The topological polar surface area (TPSA) is 76.4 Å². The van der Waals surface area contributed by atoms with E-state index in [0.29, 0.717) is 6.04 Å². The molecule has 0 spiro atoms. The van der Waals surface area contributed by atoms with Crippen LogP contribution in [0, 0.1) is 0 Å². The van der Waals surface area contributed by atoms with E-state index in [0.717, 1.165) is 19.4 Å². The molecule has 5 N–H and O–H groups in total. The molecule has 0 amide bonds. The summed E-state index contributed by atoms with van der Waals surface area (Å²) in [6.07, 6.45) is 4.62. The van der Waals surface area contributed by atoms with E-state index in [9.17, 15) is 0 Å². The lowest BCUT2D eigenvalue weighted by atomic mass is 10.1. The summed E-state index contributed by atoms with van der Waals surface area (Å²) in [6, 6.07) is 0.610. The Bertz CT molecular complexity index is 141. The lowest BCUT2D eigenvalue weighted by Gasteiger charge is -2.13. The minimum Gasteiger partial charge on any atom is -0.370 e. The van der Waals surface area contributed by atoms with Gasteiger partial charge in [-0.25, -0.2) is 0 Å². The summed E-state index contributed by atoms with van der Waals surface area (Å²) in [6.45, 7) is 2.94. The second-order valence-corrected chi connectivity index (χ2v) is 3.22. The highest BCUT2D eigenvalue weighted by atomic mass is 15.0. The molecule has 78 valence electrons. The van der Waals surface area contributed by atoms with Crippen molar-refractivity contribution in [1.29, 1.82) is 0 Å². The molecule has 13 heavy (non-hydrogen) atoms. The first kappa shape index (κ1) is 12.2. The van der Waals surface area contributed by atoms with E-state index in [-0.39, 0.29) is 5.96 Å². The zero-order valence-corrected chi connectivity index (χ0v) is 8.71. The molecule has 0 bridgehead atoms. The van der Waals surface area contributed by atoms with Crippen LogP contribution in [0.2, 0.25) is 0 Å². The largest absolute Gasteiger partial charge is 0.370 e. The third kappa shape index (κ3) is 7.59. The van der Waals surface area contributed by atoms with Gasteiger partial charge in [0.1, 0.15) is 0 Å². The van der Waals surface area contributed by atoms with Gasteiger partial charge in [-0.05, 0) is 26.3 Å². The number of nitrogens with two attached hydrogens (primary N) is 2. The van der Waals surface area contributed by atoms with Crippen LogP contribution in [0.1, 0.15) is 32.6 Å². The van der Waals surface area contributed by atoms with Crippen LogP contribution in [-0.2, 0) is 0 Å². The molecule has 0 aliphatic heterocycles. The third-order valence-corrected chi connectivity index (χ3v) is 2.05. The molecule has 0 aliphatic carbocycles. The maximum absolute atomic E-state index is 5.21. The Morgan fingerprint density at radius 3 is 2.54 bits per heavy atom. The molecule has 4 nitrogen and oxygen atoms in total. The molecule has 0 aromatic rings. The molecular weight excluding hydrogens is 164 g/mol. The fourth-order valence-electron chi connectivity index (χ4n) is 1.33. The van der Waals surface area contributed by atoms with Crippen molar-refractivity contribution in [3.8, 4) is 0 Å². The number of rotatable bonds is 7. The van der Waals surface area contributed by atoms with Gasteiger partial charge in [0.15, 0.2) is 5.96 Å². The number of hydrogen-bond acceptors (Lipinski definition) is 2. The van der Waals surface area contributed by atoms with E-state index >= 15 is 0 Å². The Hall–Kier alpha value is -0.770. The number of aliphatic imine (C=N–C) groups is 1. The van der Waals surface area contributed by atoms with Gasteiger partial charge in [0.2, 0.25) is 0 Å². The van der Waals surface area contributed by atoms with Gasteiger partial charge in [-0.3, -0.25) is 4.99 Å². The Labute approximate surface area is 80.8 Å². The van der Waals surface area contributed by atoms with E-state index in [2.05, 4.69) is 17.2 Å². The van der Waals surface area contributed by atoms with Crippen molar-refractivity contribution in [2.75, 3.05) is 13.6 Å². The van der Waals surface area contributed by atoms with Gasteiger partial charge < -0.3 is 16.8 Å². The minimum absolute atomic E-state index is 0.191. The quantitative estimate of drug-likeness (QED) is 0.306. The van der Waals surface area contributed by atoms with Crippen LogP contribution in [0.4, 0.5) is 0 Å². The molecule has 0 rings (SSSR count). The highest BCUT2D eigenvalue weighted by Crippen LogP contribution is 2.03. The van der Waals surface area contributed by atoms with Crippen molar-refractivity contribution in [2.24, 2.45) is 16.5 Å². The monoisotopic (exact) mass is 186 g/mol. The molecular formula is C9H22N4. The predicted octanol–water partition coefficient (Wildman–Crippen LogP) is 0.428. The van der Waals surface area contributed by atoms with Crippen molar-refractivity contribution in [1.82, 2.24) is 5.32 Å². The smallest absolute Gasteiger partial charge is 0.185 e. The molecule has 0 unspecified atom stereocenters. The Balaban J connectivity index is 3.43. The van der Waals surface area contributed by atoms with Crippen LogP contribution >= 0.6 is 0 Å². The van der Waals surface area contributed by atoms with Crippen LogP contribution in [-0.4, -0.2) is 25.6 Å². The summed E-state index contributed by atoms with van der Waals surface area (Å²) in [7, 11) is 2.00. The molecule has 0 aliphatic rings. The van der Waals surface area contributed by atoms with Crippen LogP contribution in [0.25, 0.3) is 0 Å². The van der Waals surface area contributed by atoms with Gasteiger partial charge >= 0.3 is 0 Å². The van der Waals surface area contributed by atoms with Gasteiger partial charge in [-0.15, -0.1) is 0 Å². The van der Waals surface area contributed by atoms with Crippen molar-refractivity contribution in [3.05, 3.63) is 0 Å². The molecule has 0 aromatic heterocycles. The molecule has 0 saturated carbocycles. The second-order valence-electron chi connectivity index (χ2n) is 3.22. The first-order chi connectivity index (χ1) is 6.20. The summed E-state index contributed by atoms with van der Waals surface area (Å²) in [5.41, 5.74) is 10.4. The van der Waals surface area contributed by atoms with Gasteiger partial charge in [-0.1, -0.05) is 13.3 Å². The van der Waals surface area contributed by atoms with Crippen LogP contribution in [0.3, 0.4) is 0 Å². The number of hydrogen-bond donors (Lipinski definition) is 3. The molecule has 0 aromatic carbocycles.